The van der Waals surface area contributed by atoms with E-state index in [0.29, 0.717) is 24.3 Å². The summed E-state index contributed by atoms with van der Waals surface area (Å²) < 4.78 is 0. The molecule has 9 nitrogen and oxygen atoms in total. The number of rotatable bonds is 9. The number of aromatic nitrogens is 1. The lowest BCUT2D eigenvalue weighted by molar-refractivity contribution is -0.141. The van der Waals surface area contributed by atoms with Crippen LogP contribution >= 0.6 is 0 Å². The number of carbonyl (C=O) groups excluding carboxylic acids is 2. The molecule has 0 aliphatic heterocycles. The predicted molar refractivity (Wildman–Crippen MR) is 132 cm³/mol. The summed E-state index contributed by atoms with van der Waals surface area (Å²) in [5.41, 5.74) is 2.95. The summed E-state index contributed by atoms with van der Waals surface area (Å²) in [7, 11) is 0. The Morgan fingerprint density at radius 3 is 2.32 bits per heavy atom. The van der Waals surface area contributed by atoms with Crippen molar-refractivity contribution < 1.29 is 19.5 Å². The van der Waals surface area contributed by atoms with Crippen LogP contribution in [0.3, 0.4) is 0 Å². The Labute approximate surface area is 197 Å². The van der Waals surface area contributed by atoms with Crippen LogP contribution in [0.5, 0.6) is 0 Å². The fourth-order valence-electron chi connectivity index (χ4n) is 3.17. The van der Waals surface area contributed by atoms with Gasteiger partial charge in [0.25, 0.3) is 5.91 Å². The highest BCUT2D eigenvalue weighted by Crippen LogP contribution is 2.24. The second kappa shape index (κ2) is 11.5. The molecule has 0 aliphatic rings. The number of amides is 3. The maximum Gasteiger partial charge on any atom is 0.320 e. The third kappa shape index (κ3) is 6.80. The summed E-state index contributed by atoms with van der Waals surface area (Å²) in [6.07, 6.45) is 1.80. The first kappa shape index (κ1) is 24.2. The van der Waals surface area contributed by atoms with E-state index in [1.165, 1.54) is 6.20 Å². The lowest BCUT2D eigenvalue weighted by atomic mass is 10.0. The lowest BCUT2D eigenvalue weighted by Gasteiger charge is -2.14. The first-order valence-electron chi connectivity index (χ1n) is 10.9. The number of carboxylic acids is 1. The number of hydrogen-bond donors (Lipinski definition) is 5. The molecule has 1 aromatic heterocycles. The Morgan fingerprint density at radius 2 is 1.68 bits per heavy atom. The zero-order chi connectivity index (χ0) is 24.5. The number of benzene rings is 2. The molecule has 1 atom stereocenters. The molecule has 0 aliphatic carbocycles. The molecule has 0 saturated heterocycles. The van der Waals surface area contributed by atoms with Gasteiger partial charge in [0.05, 0.1) is 17.2 Å². The molecule has 5 N–H and O–H groups in total. The third-order valence-corrected chi connectivity index (χ3v) is 4.96. The van der Waals surface area contributed by atoms with Crippen LogP contribution in [0.15, 0.2) is 66.9 Å². The number of urea groups is 1. The molecular formula is C25H27N5O4. The SMILES string of the molecule is CCNC(=O)Nc1cc(Nc2ccccc2)c(C(=O)Nc2ccc(CC(C)C(=O)O)cc2)cn1. The van der Waals surface area contributed by atoms with Crippen molar-refractivity contribution in [2.75, 3.05) is 22.5 Å². The van der Waals surface area contributed by atoms with E-state index in [9.17, 15) is 14.4 Å². The van der Waals surface area contributed by atoms with Gasteiger partial charge in [-0.05, 0) is 43.2 Å². The first-order valence-corrected chi connectivity index (χ1v) is 10.9. The summed E-state index contributed by atoms with van der Waals surface area (Å²) >= 11 is 0. The van der Waals surface area contributed by atoms with Crippen molar-refractivity contribution in [2.24, 2.45) is 5.92 Å². The van der Waals surface area contributed by atoms with E-state index in [4.69, 9.17) is 5.11 Å². The second-order valence-electron chi connectivity index (χ2n) is 7.69. The average molecular weight is 462 g/mol. The number of carboxylic acid groups (broad SMARTS) is 1. The van der Waals surface area contributed by atoms with Crippen molar-refractivity contribution in [2.45, 2.75) is 20.3 Å². The van der Waals surface area contributed by atoms with Crippen LogP contribution in [0.25, 0.3) is 0 Å². The minimum absolute atomic E-state index is 0.286. The summed E-state index contributed by atoms with van der Waals surface area (Å²) in [6, 6.07) is 17.6. The molecule has 34 heavy (non-hydrogen) atoms. The van der Waals surface area contributed by atoms with Gasteiger partial charge in [-0.25, -0.2) is 9.78 Å². The van der Waals surface area contributed by atoms with Gasteiger partial charge in [-0.2, -0.15) is 0 Å². The number of nitrogens with zero attached hydrogens (tertiary/aromatic N) is 1. The average Bonchev–Trinajstić information content (AvgIpc) is 2.81. The Kier molecular flexibility index (Phi) is 8.17. The smallest absolute Gasteiger partial charge is 0.320 e. The fraction of sp³-hybridized carbons (Fsp3) is 0.200. The standard InChI is InChI=1S/C25H27N5O4/c1-3-26-25(34)30-22-14-21(28-18-7-5-4-6-8-18)20(15-27-22)23(31)29-19-11-9-17(10-12-19)13-16(2)24(32)33/h4-12,14-16H,3,13H2,1-2H3,(H,29,31)(H,32,33)(H3,26,27,28,30,34). The number of nitrogens with one attached hydrogen (secondary N) is 4. The molecule has 3 aromatic rings. The first-order chi connectivity index (χ1) is 16.4. The number of aliphatic carboxylic acids is 1. The predicted octanol–water partition coefficient (Wildman–Crippen LogP) is 4.48. The van der Waals surface area contributed by atoms with Gasteiger partial charge in [-0.3, -0.25) is 14.9 Å². The van der Waals surface area contributed by atoms with E-state index < -0.39 is 17.9 Å². The highest BCUT2D eigenvalue weighted by molar-refractivity contribution is 6.08. The van der Waals surface area contributed by atoms with Gasteiger partial charge in [-0.1, -0.05) is 37.3 Å². The molecule has 0 radical (unpaired) electrons. The summed E-state index contributed by atoms with van der Waals surface area (Å²) in [5.74, 6) is -1.45. The van der Waals surface area contributed by atoms with E-state index in [2.05, 4.69) is 26.3 Å². The minimum Gasteiger partial charge on any atom is -0.481 e. The van der Waals surface area contributed by atoms with Crippen molar-refractivity contribution in [1.82, 2.24) is 10.3 Å². The molecule has 0 fully saturated rings. The normalized spacial score (nSPS) is 11.2. The minimum atomic E-state index is -0.853. The Morgan fingerprint density at radius 1 is 0.971 bits per heavy atom. The lowest BCUT2D eigenvalue weighted by Crippen LogP contribution is -2.28. The summed E-state index contributed by atoms with van der Waals surface area (Å²) in [4.78, 5) is 40.2. The van der Waals surface area contributed by atoms with Crippen LogP contribution in [0.2, 0.25) is 0 Å². The number of anilines is 4. The summed E-state index contributed by atoms with van der Waals surface area (Å²) in [5, 5.41) is 20.4. The molecule has 176 valence electrons. The Balaban J connectivity index is 1.80. The van der Waals surface area contributed by atoms with Crippen molar-refractivity contribution in [3.8, 4) is 0 Å². The molecule has 3 rings (SSSR count). The number of carbonyl (C=O) groups is 3. The van der Waals surface area contributed by atoms with Gasteiger partial charge >= 0.3 is 12.0 Å². The van der Waals surface area contributed by atoms with E-state index in [1.807, 2.05) is 37.3 Å². The third-order valence-electron chi connectivity index (χ3n) is 4.96. The molecule has 1 heterocycles. The van der Waals surface area contributed by atoms with E-state index in [-0.39, 0.29) is 17.3 Å². The molecule has 2 aromatic carbocycles. The maximum atomic E-state index is 13.0. The molecular weight excluding hydrogens is 434 g/mol. The van der Waals surface area contributed by atoms with Gasteiger partial charge in [-0.15, -0.1) is 0 Å². The van der Waals surface area contributed by atoms with Crippen LogP contribution in [0.1, 0.15) is 29.8 Å². The maximum absolute atomic E-state index is 13.0. The molecule has 0 saturated carbocycles. The Bertz CT molecular complexity index is 1150. The quantitative estimate of drug-likeness (QED) is 0.319. The number of pyridine rings is 1. The van der Waals surface area contributed by atoms with Crippen LogP contribution in [-0.4, -0.2) is 34.5 Å². The molecule has 3 amide bonds. The molecule has 9 heteroatoms. The molecule has 1 unspecified atom stereocenters. The van der Waals surface area contributed by atoms with E-state index >= 15 is 0 Å². The monoisotopic (exact) mass is 461 g/mol. The molecule has 0 bridgehead atoms. The van der Waals surface area contributed by atoms with Crippen molar-refractivity contribution in [3.63, 3.8) is 0 Å². The van der Waals surface area contributed by atoms with E-state index in [1.54, 1.807) is 37.3 Å². The van der Waals surface area contributed by atoms with Gasteiger partial charge in [0.15, 0.2) is 0 Å². The second-order valence-corrected chi connectivity index (χ2v) is 7.69. The largest absolute Gasteiger partial charge is 0.481 e. The fourth-order valence-corrected chi connectivity index (χ4v) is 3.17. The van der Waals surface area contributed by atoms with Crippen LogP contribution in [-0.2, 0) is 11.2 Å². The zero-order valence-electron chi connectivity index (χ0n) is 19.0. The van der Waals surface area contributed by atoms with Gasteiger partial charge in [0.2, 0.25) is 0 Å². The van der Waals surface area contributed by atoms with Crippen LogP contribution in [0.4, 0.5) is 27.7 Å². The summed E-state index contributed by atoms with van der Waals surface area (Å²) in [6.45, 7) is 3.92. The van der Waals surface area contributed by atoms with Gasteiger partial charge < -0.3 is 21.1 Å². The Hall–Kier alpha value is -4.40. The topological polar surface area (TPSA) is 132 Å². The zero-order valence-corrected chi connectivity index (χ0v) is 19.0. The van der Waals surface area contributed by atoms with Crippen molar-refractivity contribution in [1.29, 1.82) is 0 Å². The van der Waals surface area contributed by atoms with Gasteiger partial charge in [0.1, 0.15) is 5.82 Å². The molecule has 0 spiro atoms. The van der Waals surface area contributed by atoms with Crippen LogP contribution < -0.4 is 21.3 Å². The highest BCUT2D eigenvalue weighted by atomic mass is 16.4. The highest BCUT2D eigenvalue weighted by Gasteiger charge is 2.16. The van der Waals surface area contributed by atoms with Crippen molar-refractivity contribution in [3.05, 3.63) is 78.0 Å². The van der Waals surface area contributed by atoms with Crippen LogP contribution in [0, 0.1) is 5.92 Å². The van der Waals surface area contributed by atoms with Gasteiger partial charge in [0, 0.05) is 30.2 Å². The van der Waals surface area contributed by atoms with E-state index in [0.717, 1.165) is 11.3 Å². The number of para-hydroxylation sites is 1. The number of hydrogen-bond acceptors (Lipinski definition) is 5. The van der Waals surface area contributed by atoms with Crippen molar-refractivity contribution >= 4 is 40.8 Å².